The summed E-state index contributed by atoms with van der Waals surface area (Å²) in [6.45, 7) is 7.42. The number of pyridine rings is 2. The van der Waals surface area contributed by atoms with Crippen LogP contribution in [0, 0.1) is 5.82 Å². The third-order valence-corrected chi connectivity index (χ3v) is 12.5. The standard InChI is InChI=1S/C48H50FN13O5/c1-47(25-63)23-55-43-32(47)15-30(20-53-43)35-7-10-52-46(58-35)60-38-18-34(49)39(62-11-13-65-14-12-62)19-42(38)67-28-66-26-48(2)24-56-44-33(48)16-31(21-54-44)36-8-9-51-45(57-36)59-37-17-29(5-6-41(37)64-4)40-22-50-27-61(40)3/h5-10,15-22,27,63H,11-14,23-26,28H2,1-4H3,(H,53,55)(H,54,56)(H,51,57,59)(H,52,58,60). The molecule has 19 heteroatoms. The first-order chi connectivity index (χ1) is 32.6. The van der Waals surface area contributed by atoms with Crippen LogP contribution < -0.4 is 35.6 Å². The zero-order valence-corrected chi connectivity index (χ0v) is 37.5. The highest BCUT2D eigenvalue weighted by Gasteiger charge is 2.37. The molecule has 8 heterocycles. The molecule has 10 rings (SSSR count). The number of morpholine rings is 1. The van der Waals surface area contributed by atoms with Crippen molar-refractivity contribution >= 4 is 40.6 Å². The lowest BCUT2D eigenvalue weighted by atomic mass is 9.85. The van der Waals surface area contributed by atoms with E-state index in [4.69, 9.17) is 33.9 Å². The average Bonchev–Trinajstić information content (AvgIpc) is 4.05. The minimum atomic E-state index is -0.483. The number of aliphatic hydroxyl groups excluding tert-OH is 1. The molecule has 67 heavy (non-hydrogen) atoms. The lowest BCUT2D eigenvalue weighted by molar-refractivity contribution is -0.00438. The third-order valence-electron chi connectivity index (χ3n) is 12.5. The molecule has 344 valence electrons. The predicted octanol–water partition coefficient (Wildman–Crippen LogP) is 6.67. The molecule has 2 unspecified atom stereocenters. The Hall–Kier alpha value is -7.48. The van der Waals surface area contributed by atoms with Crippen LogP contribution in [0.5, 0.6) is 11.5 Å². The summed E-state index contributed by atoms with van der Waals surface area (Å²) in [4.78, 5) is 34.1. The number of methoxy groups -OCH3 is 1. The molecular weight excluding hydrogens is 858 g/mol. The Balaban J connectivity index is 0.852. The highest BCUT2D eigenvalue weighted by Crippen LogP contribution is 2.40. The van der Waals surface area contributed by atoms with Crippen molar-refractivity contribution in [3.63, 3.8) is 0 Å². The van der Waals surface area contributed by atoms with E-state index in [1.54, 1.807) is 50.4 Å². The zero-order valence-electron chi connectivity index (χ0n) is 37.5. The Labute approximate surface area is 386 Å². The number of anilines is 7. The quantitative estimate of drug-likeness (QED) is 0.0538. The van der Waals surface area contributed by atoms with Crippen molar-refractivity contribution < 1.29 is 28.4 Å². The fourth-order valence-corrected chi connectivity index (χ4v) is 8.61. The lowest BCUT2D eigenvalue weighted by Gasteiger charge is -2.30. The highest BCUT2D eigenvalue weighted by molar-refractivity contribution is 5.74. The van der Waals surface area contributed by atoms with Gasteiger partial charge in [0.1, 0.15) is 29.0 Å². The van der Waals surface area contributed by atoms with Gasteiger partial charge < -0.3 is 54.8 Å². The number of hydrogen-bond acceptors (Lipinski definition) is 17. The van der Waals surface area contributed by atoms with Gasteiger partial charge in [-0.3, -0.25) is 0 Å². The number of benzene rings is 2. The molecular formula is C48H50FN13O5. The number of hydrogen-bond donors (Lipinski definition) is 5. The van der Waals surface area contributed by atoms with Crippen LogP contribution >= 0.6 is 0 Å². The van der Waals surface area contributed by atoms with Crippen LogP contribution in [-0.2, 0) is 27.4 Å². The summed E-state index contributed by atoms with van der Waals surface area (Å²) in [6, 6.07) is 16.6. The SMILES string of the molecule is COc1ccc(-c2cncn2C)cc1Nc1nccc(-c2cnc3c(c2)C(C)(COCOc2cc(N4CCOCC4)c(F)cc2Nc2nccc(-c4cnc5c(c4)C(C)(CO)CN5)n2)CN3)n1. The number of halogens is 1. The van der Waals surface area contributed by atoms with E-state index in [1.165, 1.54) is 6.07 Å². The fourth-order valence-electron chi connectivity index (χ4n) is 8.61. The number of nitrogens with one attached hydrogen (secondary N) is 4. The van der Waals surface area contributed by atoms with Gasteiger partial charge in [0.2, 0.25) is 11.9 Å². The van der Waals surface area contributed by atoms with Gasteiger partial charge in [0.25, 0.3) is 0 Å². The maximum atomic E-state index is 15.9. The Morgan fingerprint density at radius 2 is 1.42 bits per heavy atom. The van der Waals surface area contributed by atoms with Crippen molar-refractivity contribution in [2.24, 2.45) is 7.05 Å². The number of imidazole rings is 1. The monoisotopic (exact) mass is 907 g/mol. The maximum absolute atomic E-state index is 15.9. The van der Waals surface area contributed by atoms with E-state index in [1.807, 2.05) is 60.0 Å². The van der Waals surface area contributed by atoms with Gasteiger partial charge in [-0.25, -0.2) is 39.3 Å². The summed E-state index contributed by atoms with van der Waals surface area (Å²) in [7, 11) is 3.57. The number of fused-ring (bicyclic) bond motifs is 2. The third kappa shape index (κ3) is 8.71. The van der Waals surface area contributed by atoms with E-state index in [0.29, 0.717) is 85.3 Å². The Bertz CT molecular complexity index is 2950. The summed E-state index contributed by atoms with van der Waals surface area (Å²) in [5.74, 6) is 2.69. The summed E-state index contributed by atoms with van der Waals surface area (Å²) < 4.78 is 41.7. The van der Waals surface area contributed by atoms with Crippen molar-refractivity contribution in [3.05, 3.63) is 109 Å². The van der Waals surface area contributed by atoms with Gasteiger partial charge in [0, 0.05) is 109 Å². The van der Waals surface area contributed by atoms with E-state index in [-0.39, 0.29) is 26.0 Å². The molecule has 0 aliphatic carbocycles. The van der Waals surface area contributed by atoms with Crippen molar-refractivity contribution in [1.29, 1.82) is 0 Å². The van der Waals surface area contributed by atoms with Crippen molar-refractivity contribution in [2.45, 2.75) is 24.7 Å². The Kier molecular flexibility index (Phi) is 11.7. The molecule has 7 aromatic rings. The molecule has 0 amide bonds. The van der Waals surface area contributed by atoms with Crippen LogP contribution in [-0.4, -0.2) is 111 Å². The molecule has 3 aliphatic heterocycles. The first kappa shape index (κ1) is 43.4. The largest absolute Gasteiger partial charge is 0.495 e. The number of ether oxygens (including phenoxy) is 4. The Morgan fingerprint density at radius 3 is 2.04 bits per heavy atom. The van der Waals surface area contributed by atoms with E-state index in [9.17, 15) is 5.11 Å². The number of aryl methyl sites for hydroxylation is 1. The second-order valence-electron chi connectivity index (χ2n) is 17.3. The van der Waals surface area contributed by atoms with Crippen LogP contribution in [0.15, 0.2) is 91.9 Å². The van der Waals surface area contributed by atoms with Gasteiger partial charge in [0.05, 0.1) is 80.2 Å². The first-order valence-electron chi connectivity index (χ1n) is 21.9. The summed E-state index contributed by atoms with van der Waals surface area (Å²) >= 11 is 0. The van der Waals surface area contributed by atoms with Gasteiger partial charge in [-0.05, 0) is 42.5 Å². The van der Waals surface area contributed by atoms with Gasteiger partial charge in [-0.1, -0.05) is 13.8 Å². The molecule has 0 bridgehead atoms. The Morgan fingerprint density at radius 1 is 0.776 bits per heavy atom. The van der Waals surface area contributed by atoms with Gasteiger partial charge in [-0.2, -0.15) is 0 Å². The minimum Gasteiger partial charge on any atom is -0.495 e. The highest BCUT2D eigenvalue weighted by atomic mass is 19.1. The van der Waals surface area contributed by atoms with E-state index >= 15 is 4.39 Å². The van der Waals surface area contributed by atoms with Gasteiger partial charge in [-0.15, -0.1) is 0 Å². The molecule has 2 aromatic carbocycles. The number of aromatic nitrogens is 8. The van der Waals surface area contributed by atoms with Crippen molar-refractivity contribution in [1.82, 2.24) is 39.5 Å². The fraction of sp³-hybridized carbons (Fsp3) is 0.312. The summed E-state index contributed by atoms with van der Waals surface area (Å²) in [5.41, 5.74) is 7.11. The molecule has 18 nitrogen and oxygen atoms in total. The second-order valence-corrected chi connectivity index (χ2v) is 17.3. The predicted molar refractivity (Wildman–Crippen MR) is 252 cm³/mol. The van der Waals surface area contributed by atoms with E-state index in [0.717, 1.165) is 45.1 Å². The molecule has 2 atom stereocenters. The van der Waals surface area contributed by atoms with Crippen LogP contribution in [0.25, 0.3) is 33.8 Å². The van der Waals surface area contributed by atoms with Crippen molar-refractivity contribution in [2.75, 3.05) is 92.7 Å². The number of nitrogens with zero attached hydrogens (tertiary/aromatic N) is 9. The smallest absolute Gasteiger partial charge is 0.227 e. The first-order valence-corrected chi connectivity index (χ1v) is 21.9. The van der Waals surface area contributed by atoms with Crippen LogP contribution in [0.3, 0.4) is 0 Å². The lowest BCUT2D eigenvalue weighted by Crippen LogP contribution is -2.36. The molecule has 1 fully saturated rings. The number of aliphatic hydroxyl groups is 1. The molecule has 0 saturated carbocycles. The molecule has 1 saturated heterocycles. The minimum absolute atomic E-state index is 0.0274. The van der Waals surface area contributed by atoms with E-state index in [2.05, 4.69) is 54.2 Å². The molecule has 0 spiro atoms. The van der Waals surface area contributed by atoms with Crippen molar-refractivity contribution in [3.8, 4) is 45.3 Å². The second kappa shape index (κ2) is 18.1. The summed E-state index contributed by atoms with van der Waals surface area (Å²) in [6.07, 6.45) is 10.4. The molecule has 3 aliphatic rings. The average molecular weight is 908 g/mol. The zero-order chi connectivity index (χ0) is 46.1. The van der Waals surface area contributed by atoms with E-state index < -0.39 is 16.6 Å². The van der Waals surface area contributed by atoms with Crippen LogP contribution in [0.2, 0.25) is 0 Å². The van der Waals surface area contributed by atoms with Gasteiger partial charge >= 0.3 is 0 Å². The summed E-state index contributed by atoms with van der Waals surface area (Å²) in [5, 5.41) is 23.4. The molecule has 5 aromatic heterocycles. The molecule has 0 radical (unpaired) electrons. The maximum Gasteiger partial charge on any atom is 0.227 e. The van der Waals surface area contributed by atoms with Crippen LogP contribution in [0.1, 0.15) is 25.0 Å². The number of rotatable bonds is 15. The van der Waals surface area contributed by atoms with Gasteiger partial charge in [0.15, 0.2) is 6.79 Å². The van der Waals surface area contributed by atoms with Crippen LogP contribution in [0.4, 0.5) is 45.0 Å². The molecule has 5 N–H and O–H groups in total. The topological polar surface area (TPSA) is 204 Å². The normalized spacial score (nSPS) is 18.4.